The summed E-state index contributed by atoms with van der Waals surface area (Å²) in [5.41, 5.74) is -2.71. The Balaban J connectivity index is 1.15. The summed E-state index contributed by atoms with van der Waals surface area (Å²) in [7, 11) is -0.727. The molecule has 3 aliphatic carbocycles. The van der Waals surface area contributed by atoms with Crippen molar-refractivity contribution in [3.05, 3.63) is 87.6 Å². The number of amides is 3. The van der Waals surface area contributed by atoms with Crippen molar-refractivity contribution in [1.82, 2.24) is 20.2 Å². The molecule has 57 heavy (non-hydrogen) atoms. The zero-order chi connectivity index (χ0) is 41.1. The molecule has 4 N–H and O–H groups in total. The summed E-state index contributed by atoms with van der Waals surface area (Å²) in [5, 5.41) is 11.5. The summed E-state index contributed by atoms with van der Waals surface area (Å²) in [5.74, 6) is -0.805. The van der Waals surface area contributed by atoms with Crippen molar-refractivity contribution in [3.63, 3.8) is 0 Å². The molecule has 2 bridgehead atoms. The number of benzene rings is 2. The number of alkyl halides is 3. The Morgan fingerprint density at radius 2 is 1.81 bits per heavy atom. The van der Waals surface area contributed by atoms with E-state index in [1.165, 1.54) is 35.0 Å². The zero-order valence-corrected chi connectivity index (χ0v) is 32.8. The van der Waals surface area contributed by atoms with Crippen LogP contribution in [0.4, 0.5) is 29.3 Å². The molecule has 7 atom stereocenters. The van der Waals surface area contributed by atoms with E-state index in [9.17, 15) is 32.3 Å². The highest BCUT2D eigenvalue weighted by molar-refractivity contribution is 6.47. The third-order valence-corrected chi connectivity index (χ3v) is 12.4. The summed E-state index contributed by atoms with van der Waals surface area (Å²) >= 11 is 0. The van der Waals surface area contributed by atoms with Gasteiger partial charge in [-0.2, -0.15) is 13.2 Å². The maximum atomic E-state index is 14.4. The summed E-state index contributed by atoms with van der Waals surface area (Å²) < 4.78 is 59.7. The van der Waals surface area contributed by atoms with Crippen LogP contribution in [0.25, 0.3) is 0 Å². The van der Waals surface area contributed by atoms with Crippen LogP contribution >= 0.6 is 0 Å². The van der Waals surface area contributed by atoms with Crippen molar-refractivity contribution in [2.24, 2.45) is 17.3 Å². The number of nitrogens with zero attached hydrogens (tertiary/aromatic N) is 2. The maximum absolute atomic E-state index is 14.4. The van der Waals surface area contributed by atoms with Crippen LogP contribution in [0.5, 0.6) is 0 Å². The molecule has 2 aliphatic heterocycles. The highest BCUT2D eigenvalue weighted by Gasteiger charge is 2.67. The van der Waals surface area contributed by atoms with E-state index in [4.69, 9.17) is 14.0 Å². The van der Waals surface area contributed by atoms with Crippen LogP contribution in [0.15, 0.2) is 59.5 Å². The lowest BCUT2D eigenvalue weighted by Gasteiger charge is -2.63. The largest absolute Gasteiger partial charge is 0.481 e. The monoisotopic (exact) mass is 792 g/mol. The lowest BCUT2D eigenvalue weighted by Crippen LogP contribution is -2.63. The first-order valence-electron chi connectivity index (χ1n) is 19.4. The van der Waals surface area contributed by atoms with Crippen molar-refractivity contribution < 1.29 is 41.6 Å². The minimum Gasteiger partial charge on any atom is -0.462 e. The van der Waals surface area contributed by atoms with Crippen molar-refractivity contribution in [1.29, 1.82) is 0 Å². The van der Waals surface area contributed by atoms with E-state index in [2.05, 4.69) is 47.0 Å². The number of urea groups is 1. The van der Waals surface area contributed by atoms with Crippen molar-refractivity contribution in [3.8, 4) is 0 Å². The van der Waals surface area contributed by atoms with Crippen molar-refractivity contribution in [2.45, 2.75) is 109 Å². The highest BCUT2D eigenvalue weighted by atomic mass is 19.4. The smallest absolute Gasteiger partial charge is 0.462 e. The van der Waals surface area contributed by atoms with Gasteiger partial charge in [-0.25, -0.2) is 14.6 Å². The van der Waals surface area contributed by atoms with Gasteiger partial charge in [0.25, 0.3) is 5.56 Å². The van der Waals surface area contributed by atoms with Gasteiger partial charge in [-0.15, -0.1) is 0 Å². The van der Waals surface area contributed by atoms with Crippen molar-refractivity contribution in [2.75, 3.05) is 17.2 Å². The molecule has 3 amide bonds. The van der Waals surface area contributed by atoms with Gasteiger partial charge < -0.3 is 35.3 Å². The van der Waals surface area contributed by atoms with Gasteiger partial charge in [-0.1, -0.05) is 45.0 Å². The van der Waals surface area contributed by atoms with Crippen LogP contribution in [0.2, 0.25) is 0 Å². The molecule has 5 aliphatic rings. The number of ether oxygens (including phenoxy) is 1. The molecule has 3 aromatic rings. The number of para-hydroxylation sites is 1. The van der Waals surface area contributed by atoms with E-state index in [1.54, 1.807) is 26.0 Å². The summed E-state index contributed by atoms with van der Waals surface area (Å²) in [6.45, 7) is 11.8. The van der Waals surface area contributed by atoms with E-state index in [0.717, 1.165) is 25.0 Å². The second-order valence-electron chi connectivity index (χ2n) is 16.6. The third-order valence-electron chi connectivity index (χ3n) is 12.4. The second kappa shape index (κ2) is 14.8. The van der Waals surface area contributed by atoms with Gasteiger partial charge in [0.1, 0.15) is 17.6 Å². The van der Waals surface area contributed by atoms with Crippen LogP contribution in [0.3, 0.4) is 0 Å². The average Bonchev–Trinajstić information content (AvgIpc) is 3.67. The quantitative estimate of drug-likeness (QED) is 0.131. The predicted molar refractivity (Wildman–Crippen MR) is 205 cm³/mol. The van der Waals surface area contributed by atoms with E-state index in [1.807, 2.05) is 6.92 Å². The van der Waals surface area contributed by atoms with Gasteiger partial charge in [0, 0.05) is 13.0 Å². The molecule has 0 spiro atoms. The van der Waals surface area contributed by atoms with Gasteiger partial charge >= 0.3 is 25.3 Å². The second-order valence-corrected chi connectivity index (χ2v) is 16.6. The number of anilines is 2. The molecule has 1 aromatic heterocycles. The number of rotatable bonds is 11. The fourth-order valence-electron chi connectivity index (χ4n) is 9.17. The van der Waals surface area contributed by atoms with Crippen LogP contribution < -0.4 is 26.8 Å². The van der Waals surface area contributed by atoms with E-state index < -0.39 is 65.4 Å². The van der Waals surface area contributed by atoms with Crippen LogP contribution in [0.1, 0.15) is 101 Å². The number of hydrogen-bond donors (Lipinski definition) is 4. The molecule has 1 saturated heterocycles. The normalized spacial score (nSPS) is 27.4. The Morgan fingerprint density at radius 3 is 2.51 bits per heavy atom. The molecule has 3 heterocycles. The number of halogens is 3. The van der Waals surface area contributed by atoms with Crippen LogP contribution in [0, 0.1) is 17.3 Å². The molecule has 4 fully saturated rings. The number of esters is 1. The summed E-state index contributed by atoms with van der Waals surface area (Å²) in [4.78, 5) is 59.4. The van der Waals surface area contributed by atoms with Gasteiger partial charge in [0.15, 0.2) is 0 Å². The fourth-order valence-corrected chi connectivity index (χ4v) is 9.17. The molecule has 13 nitrogen and oxygen atoms in total. The SMILES string of the molecule is CCOC(=O)c1ccccc1NC(=O)N[C@]1(C)C[C@@H](C(=O)N[C@@H](CC)B2OC3C4CC(C[C@]3(C)O2)C4(C)C)n2c1ncc(NCc1cccc(C(F)(F)F)c1)c2=O. The molecular weight excluding hydrogens is 744 g/mol. The number of carbonyl (C=O) groups excluding carboxylic acids is 3. The first-order chi connectivity index (χ1) is 26.9. The Labute approximate surface area is 329 Å². The topological polar surface area (TPSA) is 162 Å². The highest BCUT2D eigenvalue weighted by Crippen LogP contribution is 2.64. The van der Waals surface area contributed by atoms with Gasteiger partial charge in [-0.05, 0) is 87.1 Å². The van der Waals surface area contributed by atoms with Gasteiger partial charge in [0.05, 0.1) is 52.8 Å². The summed E-state index contributed by atoms with van der Waals surface area (Å²) in [6.07, 6.45) is -1.15. The predicted octanol–water partition coefficient (Wildman–Crippen LogP) is 6.19. The minimum atomic E-state index is -4.55. The number of carbonyl (C=O) groups is 3. The summed E-state index contributed by atoms with van der Waals surface area (Å²) in [6, 6.07) is 9.13. The van der Waals surface area contributed by atoms with Gasteiger partial charge in [-0.3, -0.25) is 14.2 Å². The van der Waals surface area contributed by atoms with Gasteiger partial charge in [0.2, 0.25) is 5.91 Å². The first kappa shape index (κ1) is 40.3. The standard InChI is InChI=1S/C40H48BF3N6O7/c1-7-30(41-56-31-26-17-24(37(26,3)4)18-39(31,6)57-41)48-32(51)29-19-38(5,49-36(54)47-27-15-10-9-14-25(27)34(53)55-8-2)35-46-21-28(33(52)50(29)35)45-20-22-12-11-13-23(16-22)40(42,43)44/h9-16,21,24,26,29-31,45H,7-8,17-20H2,1-6H3,(H,48,51)(H2,47,49,54)/t24?,26?,29-,30-,31?,38+,39-/m0/s1. The number of fused-ring (bicyclic) bond motifs is 1. The van der Waals surface area contributed by atoms with Crippen molar-refractivity contribution >= 4 is 36.4 Å². The molecule has 2 aromatic carbocycles. The Kier molecular flexibility index (Phi) is 10.5. The van der Waals surface area contributed by atoms with E-state index in [-0.39, 0.29) is 59.4 Å². The fraction of sp³-hybridized carbons (Fsp3) is 0.525. The minimum absolute atomic E-state index is 0.0564. The lowest BCUT2D eigenvalue weighted by atomic mass is 9.45. The molecule has 3 unspecified atom stereocenters. The Morgan fingerprint density at radius 1 is 1.05 bits per heavy atom. The maximum Gasteiger partial charge on any atom is 0.481 e. The van der Waals surface area contributed by atoms with Crippen LogP contribution in [-0.2, 0) is 37.1 Å². The molecule has 304 valence electrons. The lowest BCUT2D eigenvalue weighted by molar-refractivity contribution is -0.185. The molecule has 17 heteroatoms. The van der Waals surface area contributed by atoms with E-state index >= 15 is 0 Å². The van der Waals surface area contributed by atoms with E-state index in [0.29, 0.717) is 18.3 Å². The Bertz CT molecular complexity index is 2130. The number of aromatic nitrogens is 2. The molecule has 0 radical (unpaired) electrons. The number of hydrogen-bond acceptors (Lipinski definition) is 9. The molecular formula is C40H48BF3N6O7. The van der Waals surface area contributed by atoms with Crippen LogP contribution in [-0.4, -0.2) is 58.8 Å². The number of nitrogens with one attached hydrogen (secondary N) is 4. The Hall–Kier alpha value is -4.90. The molecule has 3 saturated carbocycles. The first-order valence-corrected chi connectivity index (χ1v) is 19.4. The molecule has 8 rings (SSSR count). The third kappa shape index (κ3) is 7.39. The average molecular weight is 793 g/mol. The zero-order valence-electron chi connectivity index (χ0n) is 32.8.